The molecule has 2 aromatic rings. The van der Waals surface area contributed by atoms with Gasteiger partial charge in [0.15, 0.2) is 0 Å². The molecule has 2 N–H and O–H groups in total. The van der Waals surface area contributed by atoms with Crippen LogP contribution < -0.4 is 15.5 Å². The fourth-order valence-corrected chi connectivity index (χ4v) is 2.77. The zero-order valence-corrected chi connectivity index (χ0v) is 13.3. The highest BCUT2D eigenvalue weighted by Gasteiger charge is 2.11. The molecule has 1 saturated heterocycles. The van der Waals surface area contributed by atoms with Crippen molar-refractivity contribution in [1.29, 1.82) is 0 Å². The lowest BCUT2D eigenvalue weighted by Crippen LogP contribution is -2.24. The second-order valence-corrected chi connectivity index (χ2v) is 5.77. The van der Waals surface area contributed by atoms with Gasteiger partial charge in [0, 0.05) is 37.4 Å². The van der Waals surface area contributed by atoms with Gasteiger partial charge in [0.2, 0.25) is 5.91 Å². The van der Waals surface area contributed by atoms with Crippen LogP contribution in [0.4, 0.5) is 11.4 Å². The Bertz CT molecular complexity index is 602. The van der Waals surface area contributed by atoms with Crippen LogP contribution in [0.15, 0.2) is 47.1 Å². The summed E-state index contributed by atoms with van der Waals surface area (Å²) in [5, 5.41) is 6.12. The van der Waals surface area contributed by atoms with E-state index in [-0.39, 0.29) is 5.91 Å². The highest BCUT2D eigenvalue weighted by atomic mass is 16.3. The highest BCUT2D eigenvalue weighted by Crippen LogP contribution is 2.21. The number of carbonyl (C=O) groups excluding carboxylic acids is 1. The predicted molar refractivity (Wildman–Crippen MR) is 91.6 cm³/mol. The number of carbonyl (C=O) groups is 1. The molecule has 1 amide bonds. The van der Waals surface area contributed by atoms with Crippen molar-refractivity contribution in [2.75, 3.05) is 29.9 Å². The minimum absolute atomic E-state index is 0.0163. The molecule has 122 valence electrons. The van der Waals surface area contributed by atoms with Crippen molar-refractivity contribution in [1.82, 2.24) is 5.32 Å². The third kappa shape index (κ3) is 4.52. The van der Waals surface area contributed by atoms with Crippen LogP contribution in [0.3, 0.4) is 0 Å². The summed E-state index contributed by atoms with van der Waals surface area (Å²) in [5.41, 5.74) is 2.33. The van der Waals surface area contributed by atoms with E-state index in [1.54, 1.807) is 6.26 Å². The van der Waals surface area contributed by atoms with Crippen LogP contribution in [0.5, 0.6) is 0 Å². The van der Waals surface area contributed by atoms with E-state index in [0.29, 0.717) is 19.5 Å². The van der Waals surface area contributed by atoms with Gasteiger partial charge in [-0.05, 0) is 49.2 Å². The number of nitrogens with zero attached hydrogens (tertiary/aromatic N) is 1. The molecule has 1 aromatic carbocycles. The van der Waals surface area contributed by atoms with E-state index >= 15 is 0 Å². The van der Waals surface area contributed by atoms with E-state index in [9.17, 15) is 4.79 Å². The normalized spacial score (nSPS) is 14.0. The first kappa shape index (κ1) is 15.5. The van der Waals surface area contributed by atoms with Crippen molar-refractivity contribution in [3.05, 3.63) is 48.4 Å². The van der Waals surface area contributed by atoms with E-state index < -0.39 is 0 Å². The van der Waals surface area contributed by atoms with Crippen LogP contribution in [-0.2, 0) is 11.3 Å². The molecule has 1 aliphatic heterocycles. The summed E-state index contributed by atoms with van der Waals surface area (Å²) in [6, 6.07) is 12.1. The Morgan fingerprint density at radius 1 is 1.13 bits per heavy atom. The smallest absolute Gasteiger partial charge is 0.222 e. The lowest BCUT2D eigenvalue weighted by atomic mass is 10.2. The van der Waals surface area contributed by atoms with Crippen LogP contribution in [-0.4, -0.2) is 25.5 Å². The highest BCUT2D eigenvalue weighted by molar-refractivity contribution is 5.76. The van der Waals surface area contributed by atoms with Crippen LogP contribution in [0.1, 0.15) is 25.0 Å². The topological polar surface area (TPSA) is 57.5 Å². The van der Waals surface area contributed by atoms with Gasteiger partial charge in [0.1, 0.15) is 5.76 Å². The van der Waals surface area contributed by atoms with E-state index in [0.717, 1.165) is 24.5 Å². The molecule has 1 aromatic heterocycles. The molecule has 23 heavy (non-hydrogen) atoms. The first-order valence-electron chi connectivity index (χ1n) is 8.19. The molecule has 0 spiro atoms. The lowest BCUT2D eigenvalue weighted by Gasteiger charge is -2.18. The maximum absolute atomic E-state index is 11.8. The maximum atomic E-state index is 11.8. The minimum atomic E-state index is 0.0163. The second kappa shape index (κ2) is 7.72. The molecule has 5 heteroatoms. The van der Waals surface area contributed by atoms with Crippen LogP contribution >= 0.6 is 0 Å². The van der Waals surface area contributed by atoms with Gasteiger partial charge < -0.3 is 20.0 Å². The third-order valence-electron chi connectivity index (χ3n) is 4.06. The molecule has 0 bridgehead atoms. The maximum Gasteiger partial charge on any atom is 0.222 e. The Morgan fingerprint density at radius 2 is 1.91 bits per heavy atom. The Morgan fingerprint density at radius 3 is 2.61 bits per heavy atom. The van der Waals surface area contributed by atoms with Gasteiger partial charge in [-0.1, -0.05) is 0 Å². The first-order valence-corrected chi connectivity index (χ1v) is 8.19. The molecule has 1 fully saturated rings. The van der Waals surface area contributed by atoms with Gasteiger partial charge >= 0.3 is 0 Å². The molecule has 5 nitrogen and oxygen atoms in total. The summed E-state index contributed by atoms with van der Waals surface area (Å²) in [6.07, 6.45) is 4.61. The summed E-state index contributed by atoms with van der Waals surface area (Å²) in [6.45, 7) is 3.37. The molecule has 0 radical (unpaired) electrons. The van der Waals surface area contributed by atoms with Gasteiger partial charge in [-0.3, -0.25) is 4.79 Å². The van der Waals surface area contributed by atoms with Crippen molar-refractivity contribution in [3.8, 4) is 0 Å². The Balaban J connectivity index is 1.37. The van der Waals surface area contributed by atoms with Crippen molar-refractivity contribution >= 4 is 17.3 Å². The van der Waals surface area contributed by atoms with E-state index in [1.165, 1.54) is 18.5 Å². The standard InChI is InChI=1S/C18H23N3O2/c22-18(20-14-17-4-3-13-23-17)9-10-19-15-5-7-16(8-6-15)21-11-1-2-12-21/h3-8,13,19H,1-2,9-12,14H2,(H,20,22). The SMILES string of the molecule is O=C(CCNc1ccc(N2CCCC2)cc1)NCc1ccco1. The summed E-state index contributed by atoms with van der Waals surface area (Å²) in [7, 11) is 0. The number of furan rings is 1. The van der Waals surface area contributed by atoms with E-state index in [4.69, 9.17) is 4.42 Å². The van der Waals surface area contributed by atoms with Gasteiger partial charge in [-0.25, -0.2) is 0 Å². The molecular formula is C18H23N3O2. The average Bonchev–Trinajstić information content (AvgIpc) is 3.27. The number of rotatable bonds is 7. The van der Waals surface area contributed by atoms with Crippen molar-refractivity contribution in [2.45, 2.75) is 25.8 Å². The van der Waals surface area contributed by atoms with E-state index in [1.807, 2.05) is 12.1 Å². The lowest BCUT2D eigenvalue weighted by molar-refractivity contribution is -0.121. The summed E-state index contributed by atoms with van der Waals surface area (Å²) in [4.78, 5) is 14.2. The predicted octanol–water partition coefficient (Wildman–Crippen LogP) is 3.00. The molecule has 2 heterocycles. The molecule has 0 unspecified atom stereocenters. The summed E-state index contributed by atoms with van der Waals surface area (Å²) in [5.74, 6) is 0.784. The van der Waals surface area contributed by atoms with Crippen molar-refractivity contribution in [2.24, 2.45) is 0 Å². The number of hydrogen-bond acceptors (Lipinski definition) is 4. The number of anilines is 2. The van der Waals surface area contributed by atoms with Crippen LogP contribution in [0.25, 0.3) is 0 Å². The van der Waals surface area contributed by atoms with Gasteiger partial charge in [-0.15, -0.1) is 0 Å². The Kier molecular flexibility index (Phi) is 5.19. The summed E-state index contributed by atoms with van der Waals surface area (Å²) < 4.78 is 5.18. The van der Waals surface area contributed by atoms with Crippen LogP contribution in [0, 0.1) is 0 Å². The zero-order valence-electron chi connectivity index (χ0n) is 13.3. The fraction of sp³-hybridized carbons (Fsp3) is 0.389. The Labute approximate surface area is 136 Å². The van der Waals surface area contributed by atoms with Crippen LogP contribution in [0.2, 0.25) is 0 Å². The molecular weight excluding hydrogens is 290 g/mol. The second-order valence-electron chi connectivity index (χ2n) is 5.77. The van der Waals surface area contributed by atoms with Gasteiger partial charge in [-0.2, -0.15) is 0 Å². The van der Waals surface area contributed by atoms with Crippen molar-refractivity contribution in [3.63, 3.8) is 0 Å². The minimum Gasteiger partial charge on any atom is -0.467 e. The van der Waals surface area contributed by atoms with Gasteiger partial charge in [0.05, 0.1) is 12.8 Å². The number of amides is 1. The largest absolute Gasteiger partial charge is 0.467 e. The van der Waals surface area contributed by atoms with Gasteiger partial charge in [0.25, 0.3) is 0 Å². The first-order chi connectivity index (χ1) is 11.3. The summed E-state index contributed by atoms with van der Waals surface area (Å²) >= 11 is 0. The molecule has 0 atom stereocenters. The third-order valence-corrected chi connectivity index (χ3v) is 4.06. The quantitative estimate of drug-likeness (QED) is 0.825. The monoisotopic (exact) mass is 313 g/mol. The Hall–Kier alpha value is -2.43. The van der Waals surface area contributed by atoms with Crippen molar-refractivity contribution < 1.29 is 9.21 Å². The molecule has 0 saturated carbocycles. The molecule has 0 aliphatic carbocycles. The average molecular weight is 313 g/mol. The fourth-order valence-electron chi connectivity index (χ4n) is 2.77. The number of hydrogen-bond donors (Lipinski definition) is 2. The number of nitrogens with one attached hydrogen (secondary N) is 2. The number of benzene rings is 1. The molecule has 1 aliphatic rings. The van der Waals surface area contributed by atoms with E-state index in [2.05, 4.69) is 39.8 Å². The zero-order chi connectivity index (χ0) is 15.9. The molecule has 3 rings (SSSR count).